The molecule has 0 unspecified atom stereocenters. The van der Waals surface area contributed by atoms with Crippen molar-refractivity contribution in [1.82, 2.24) is 0 Å². The predicted octanol–water partition coefficient (Wildman–Crippen LogP) is 3.32. The third kappa shape index (κ3) is 2.52. The minimum atomic E-state index is -0.113. The molecular weight excluding hydrogens is 248 g/mol. The third-order valence-corrected chi connectivity index (χ3v) is 3.72. The van der Waals surface area contributed by atoms with Crippen LogP contribution < -0.4 is 11.1 Å². The van der Waals surface area contributed by atoms with Gasteiger partial charge in [0.1, 0.15) is 0 Å². The van der Waals surface area contributed by atoms with Crippen molar-refractivity contribution in [2.24, 2.45) is 0 Å². The van der Waals surface area contributed by atoms with Gasteiger partial charge in [-0.25, -0.2) is 0 Å². The standard InChI is InChI=1S/C17H18N2O/c1-11-7-14(9-15(18)8-11)17(20)19-16-6-5-12-3-2-4-13(12)10-16/h5-10H,2-4,18H2,1H3,(H,19,20). The van der Waals surface area contributed by atoms with E-state index in [1.807, 2.05) is 25.1 Å². The Balaban J connectivity index is 1.82. The molecule has 102 valence electrons. The summed E-state index contributed by atoms with van der Waals surface area (Å²) in [7, 11) is 0. The summed E-state index contributed by atoms with van der Waals surface area (Å²) in [6.07, 6.45) is 3.47. The van der Waals surface area contributed by atoms with Gasteiger partial charge in [0, 0.05) is 16.9 Å². The monoisotopic (exact) mass is 266 g/mol. The molecular formula is C17H18N2O. The van der Waals surface area contributed by atoms with Crippen LogP contribution in [-0.4, -0.2) is 5.91 Å². The largest absolute Gasteiger partial charge is 0.399 e. The van der Waals surface area contributed by atoms with Crippen molar-refractivity contribution in [2.75, 3.05) is 11.1 Å². The van der Waals surface area contributed by atoms with Gasteiger partial charge in [0.2, 0.25) is 0 Å². The van der Waals surface area contributed by atoms with Gasteiger partial charge in [0.05, 0.1) is 0 Å². The Labute approximate surface area is 118 Å². The Hall–Kier alpha value is -2.29. The average molecular weight is 266 g/mol. The van der Waals surface area contributed by atoms with Crippen molar-refractivity contribution in [3.05, 3.63) is 58.7 Å². The molecule has 3 nitrogen and oxygen atoms in total. The molecule has 0 radical (unpaired) electrons. The van der Waals surface area contributed by atoms with Crippen LogP contribution in [0.1, 0.15) is 33.5 Å². The number of nitrogen functional groups attached to an aromatic ring is 1. The third-order valence-electron chi connectivity index (χ3n) is 3.72. The van der Waals surface area contributed by atoms with Gasteiger partial charge >= 0.3 is 0 Å². The molecule has 0 saturated carbocycles. The van der Waals surface area contributed by atoms with Crippen LogP contribution in [0.25, 0.3) is 0 Å². The average Bonchev–Trinajstić information content (AvgIpc) is 2.85. The summed E-state index contributed by atoms with van der Waals surface area (Å²) in [5, 5.41) is 2.95. The summed E-state index contributed by atoms with van der Waals surface area (Å²) in [6.45, 7) is 1.93. The van der Waals surface area contributed by atoms with Gasteiger partial charge in [-0.1, -0.05) is 6.07 Å². The quantitative estimate of drug-likeness (QED) is 0.819. The second kappa shape index (κ2) is 5.00. The Kier molecular flexibility index (Phi) is 3.18. The molecule has 0 aromatic heterocycles. The molecule has 0 saturated heterocycles. The number of nitrogens with two attached hydrogens (primary N) is 1. The number of anilines is 2. The Bertz CT molecular complexity index is 656. The fraction of sp³-hybridized carbons (Fsp3) is 0.235. The smallest absolute Gasteiger partial charge is 0.255 e. The van der Waals surface area contributed by atoms with Crippen LogP contribution >= 0.6 is 0 Å². The molecule has 0 atom stereocenters. The summed E-state index contributed by atoms with van der Waals surface area (Å²) in [5.74, 6) is -0.113. The maximum atomic E-state index is 12.3. The number of carbonyl (C=O) groups is 1. The van der Waals surface area contributed by atoms with Gasteiger partial charge in [-0.2, -0.15) is 0 Å². The molecule has 2 aromatic carbocycles. The molecule has 0 heterocycles. The number of rotatable bonds is 2. The molecule has 0 bridgehead atoms. The van der Waals surface area contributed by atoms with Crippen LogP contribution in [0.2, 0.25) is 0 Å². The van der Waals surface area contributed by atoms with Gasteiger partial charge in [0.25, 0.3) is 5.91 Å². The number of aryl methyl sites for hydroxylation is 3. The van der Waals surface area contributed by atoms with Crippen LogP contribution in [0, 0.1) is 6.92 Å². The van der Waals surface area contributed by atoms with Gasteiger partial charge in [-0.05, 0) is 73.2 Å². The van der Waals surface area contributed by atoms with E-state index in [1.54, 1.807) is 6.07 Å². The summed E-state index contributed by atoms with van der Waals surface area (Å²) < 4.78 is 0. The van der Waals surface area contributed by atoms with Crippen LogP contribution in [0.3, 0.4) is 0 Å². The first-order valence-corrected chi connectivity index (χ1v) is 6.92. The summed E-state index contributed by atoms with van der Waals surface area (Å²) in [4.78, 5) is 12.3. The highest BCUT2D eigenvalue weighted by molar-refractivity contribution is 6.05. The summed E-state index contributed by atoms with van der Waals surface area (Å²) in [5.41, 5.74) is 11.6. The lowest BCUT2D eigenvalue weighted by atomic mass is 10.1. The van der Waals surface area contributed by atoms with Crippen LogP contribution in [0.4, 0.5) is 11.4 Å². The van der Waals surface area contributed by atoms with E-state index in [0.717, 1.165) is 24.1 Å². The highest BCUT2D eigenvalue weighted by Gasteiger charge is 2.12. The van der Waals surface area contributed by atoms with Crippen LogP contribution in [0.5, 0.6) is 0 Å². The van der Waals surface area contributed by atoms with Crippen LogP contribution in [-0.2, 0) is 12.8 Å². The summed E-state index contributed by atoms with van der Waals surface area (Å²) in [6, 6.07) is 11.6. The highest BCUT2D eigenvalue weighted by Crippen LogP contribution is 2.25. The topological polar surface area (TPSA) is 55.1 Å². The van der Waals surface area contributed by atoms with Gasteiger partial charge in [-0.15, -0.1) is 0 Å². The van der Waals surface area contributed by atoms with E-state index in [-0.39, 0.29) is 5.91 Å². The second-order valence-corrected chi connectivity index (χ2v) is 5.42. The maximum absolute atomic E-state index is 12.3. The maximum Gasteiger partial charge on any atom is 0.255 e. The van der Waals surface area contributed by atoms with E-state index >= 15 is 0 Å². The first-order chi connectivity index (χ1) is 9.61. The zero-order chi connectivity index (χ0) is 14.1. The van der Waals surface area contributed by atoms with Gasteiger partial charge < -0.3 is 11.1 Å². The van der Waals surface area contributed by atoms with Gasteiger partial charge in [-0.3, -0.25) is 4.79 Å². The van der Waals surface area contributed by atoms with Crippen molar-refractivity contribution < 1.29 is 4.79 Å². The van der Waals surface area contributed by atoms with E-state index in [4.69, 9.17) is 5.73 Å². The Morgan fingerprint density at radius 3 is 2.70 bits per heavy atom. The van der Waals surface area contributed by atoms with Crippen molar-refractivity contribution in [3.63, 3.8) is 0 Å². The normalized spacial score (nSPS) is 13.1. The van der Waals surface area contributed by atoms with E-state index in [1.165, 1.54) is 17.5 Å². The molecule has 0 spiro atoms. The lowest BCUT2D eigenvalue weighted by molar-refractivity contribution is 0.102. The molecule has 1 aliphatic carbocycles. The number of hydrogen-bond acceptors (Lipinski definition) is 2. The summed E-state index contributed by atoms with van der Waals surface area (Å²) >= 11 is 0. The van der Waals surface area contributed by atoms with Crippen molar-refractivity contribution in [2.45, 2.75) is 26.2 Å². The lowest BCUT2D eigenvalue weighted by Gasteiger charge is -2.09. The molecule has 0 aliphatic heterocycles. The lowest BCUT2D eigenvalue weighted by Crippen LogP contribution is -2.12. The van der Waals surface area contributed by atoms with E-state index < -0.39 is 0 Å². The van der Waals surface area contributed by atoms with E-state index in [2.05, 4.69) is 17.4 Å². The molecule has 1 amide bonds. The van der Waals surface area contributed by atoms with E-state index in [0.29, 0.717) is 11.3 Å². The first kappa shape index (κ1) is 12.7. The first-order valence-electron chi connectivity index (χ1n) is 6.92. The van der Waals surface area contributed by atoms with Crippen LogP contribution in [0.15, 0.2) is 36.4 Å². The fourth-order valence-corrected chi connectivity index (χ4v) is 2.80. The van der Waals surface area contributed by atoms with Crippen molar-refractivity contribution >= 4 is 17.3 Å². The predicted molar refractivity (Wildman–Crippen MR) is 82.0 cm³/mol. The molecule has 3 rings (SSSR count). The van der Waals surface area contributed by atoms with Gasteiger partial charge in [0.15, 0.2) is 0 Å². The highest BCUT2D eigenvalue weighted by atomic mass is 16.1. The molecule has 3 N–H and O–H groups in total. The molecule has 0 fully saturated rings. The number of amides is 1. The second-order valence-electron chi connectivity index (χ2n) is 5.42. The van der Waals surface area contributed by atoms with Crippen molar-refractivity contribution in [1.29, 1.82) is 0 Å². The molecule has 20 heavy (non-hydrogen) atoms. The Morgan fingerprint density at radius 1 is 1.10 bits per heavy atom. The fourth-order valence-electron chi connectivity index (χ4n) is 2.80. The zero-order valence-corrected chi connectivity index (χ0v) is 11.6. The molecule has 1 aliphatic rings. The minimum Gasteiger partial charge on any atom is -0.399 e. The number of carbonyl (C=O) groups excluding carboxylic acids is 1. The number of nitrogens with one attached hydrogen (secondary N) is 1. The number of hydrogen-bond donors (Lipinski definition) is 2. The minimum absolute atomic E-state index is 0.113. The SMILES string of the molecule is Cc1cc(N)cc(C(=O)Nc2ccc3c(c2)CCC3)c1. The zero-order valence-electron chi connectivity index (χ0n) is 11.6. The van der Waals surface area contributed by atoms with Crippen molar-refractivity contribution in [3.8, 4) is 0 Å². The van der Waals surface area contributed by atoms with E-state index in [9.17, 15) is 4.79 Å². The number of benzene rings is 2. The molecule has 3 heteroatoms. The molecule has 2 aromatic rings. The Morgan fingerprint density at radius 2 is 1.90 bits per heavy atom. The number of fused-ring (bicyclic) bond motifs is 1.